The molecule has 7 nitrogen and oxygen atoms in total. The Morgan fingerprint density at radius 1 is 1.40 bits per heavy atom. The van der Waals surface area contributed by atoms with Gasteiger partial charge in [0, 0.05) is 13.6 Å². The largest absolute Gasteiger partial charge is 0.480 e. The molecule has 2 atom stereocenters. The first kappa shape index (κ1) is 18.6. The van der Waals surface area contributed by atoms with Gasteiger partial charge in [0.25, 0.3) is 0 Å². The monoisotopic (exact) mass is 306 g/mol. The van der Waals surface area contributed by atoms with E-state index < -0.39 is 29.9 Å². The lowest BCUT2D eigenvalue weighted by Gasteiger charge is -2.23. The Bertz CT molecular complexity index is 351. The minimum absolute atomic E-state index is 0.160. The Kier molecular flexibility index (Phi) is 8.78. The van der Waals surface area contributed by atoms with E-state index in [0.29, 0.717) is 12.2 Å². The van der Waals surface area contributed by atoms with Crippen LogP contribution in [0.4, 0.5) is 4.79 Å². The average molecular weight is 306 g/mol. The van der Waals surface area contributed by atoms with Crippen LogP contribution in [-0.4, -0.2) is 66.7 Å². The number of ether oxygens (including phenoxy) is 1. The molecule has 0 heterocycles. The molecule has 0 saturated carbocycles. The van der Waals surface area contributed by atoms with Crippen LogP contribution in [0.3, 0.4) is 0 Å². The molecule has 0 aromatic heterocycles. The third kappa shape index (κ3) is 6.65. The lowest BCUT2D eigenvalue weighted by molar-refractivity contribution is -0.145. The van der Waals surface area contributed by atoms with Crippen LogP contribution in [0.15, 0.2) is 0 Å². The summed E-state index contributed by atoms with van der Waals surface area (Å²) >= 11 is 1.51. The number of methoxy groups -OCH3 is 1. The van der Waals surface area contributed by atoms with Crippen molar-refractivity contribution in [2.75, 3.05) is 32.7 Å². The van der Waals surface area contributed by atoms with Crippen molar-refractivity contribution in [1.82, 2.24) is 10.2 Å². The topological polar surface area (TPSA) is 95.9 Å². The number of aliphatic carboxylic acids is 1. The Labute approximate surface area is 123 Å². The molecule has 0 radical (unpaired) electrons. The quantitative estimate of drug-likeness (QED) is 0.639. The second kappa shape index (κ2) is 9.46. The predicted molar refractivity (Wildman–Crippen MR) is 76.8 cm³/mol. The first-order chi connectivity index (χ1) is 9.33. The zero-order valence-corrected chi connectivity index (χ0v) is 13.0. The van der Waals surface area contributed by atoms with E-state index >= 15 is 0 Å². The van der Waals surface area contributed by atoms with Crippen molar-refractivity contribution in [2.45, 2.75) is 19.4 Å². The van der Waals surface area contributed by atoms with Crippen molar-refractivity contribution < 1.29 is 24.2 Å². The van der Waals surface area contributed by atoms with Crippen molar-refractivity contribution in [3.8, 4) is 0 Å². The summed E-state index contributed by atoms with van der Waals surface area (Å²) < 4.78 is 4.57. The predicted octanol–water partition coefficient (Wildman–Crippen LogP) is 0.643. The number of carbonyl (C=O) groups excluding carboxylic acids is 2. The van der Waals surface area contributed by atoms with Crippen LogP contribution in [0.2, 0.25) is 0 Å². The van der Waals surface area contributed by atoms with Crippen molar-refractivity contribution in [2.24, 2.45) is 5.92 Å². The van der Waals surface area contributed by atoms with Gasteiger partial charge in [-0.25, -0.2) is 9.59 Å². The molecule has 0 aliphatic rings. The van der Waals surface area contributed by atoms with Crippen molar-refractivity contribution in [3.05, 3.63) is 0 Å². The first-order valence-corrected chi connectivity index (χ1v) is 7.54. The van der Waals surface area contributed by atoms with Crippen LogP contribution in [0.1, 0.15) is 13.3 Å². The summed E-state index contributed by atoms with van der Waals surface area (Å²) in [6.45, 7) is 1.80. The maximum Gasteiger partial charge on any atom is 0.326 e. The molecular weight excluding hydrogens is 284 g/mol. The third-order valence-electron chi connectivity index (χ3n) is 2.70. The SMILES string of the molecule is COC(=O)C(C)CN(C)C(=O)N[C@H](CCSC)C(=O)O. The summed E-state index contributed by atoms with van der Waals surface area (Å²) in [5.74, 6) is -1.31. The van der Waals surface area contributed by atoms with Gasteiger partial charge in [0.1, 0.15) is 6.04 Å². The number of urea groups is 1. The second-order valence-electron chi connectivity index (χ2n) is 4.43. The fourth-order valence-electron chi connectivity index (χ4n) is 1.52. The van der Waals surface area contributed by atoms with Crippen LogP contribution in [0.25, 0.3) is 0 Å². The number of hydrogen-bond acceptors (Lipinski definition) is 5. The lowest BCUT2D eigenvalue weighted by atomic mass is 10.2. The number of nitrogens with one attached hydrogen (secondary N) is 1. The summed E-state index contributed by atoms with van der Waals surface area (Å²) in [6.07, 6.45) is 2.22. The van der Waals surface area contributed by atoms with Gasteiger partial charge in [0.05, 0.1) is 13.0 Å². The Balaban J connectivity index is 4.41. The molecule has 8 heteroatoms. The van der Waals surface area contributed by atoms with Gasteiger partial charge in [0.15, 0.2) is 0 Å². The van der Waals surface area contributed by atoms with Gasteiger partial charge in [-0.2, -0.15) is 11.8 Å². The van der Waals surface area contributed by atoms with Crippen LogP contribution >= 0.6 is 11.8 Å². The highest BCUT2D eigenvalue weighted by Gasteiger charge is 2.23. The van der Waals surface area contributed by atoms with Gasteiger partial charge in [-0.1, -0.05) is 6.92 Å². The molecule has 0 aromatic rings. The van der Waals surface area contributed by atoms with E-state index in [2.05, 4.69) is 10.1 Å². The average Bonchev–Trinajstić information content (AvgIpc) is 2.41. The number of carboxylic acids is 1. The van der Waals surface area contributed by atoms with Crippen molar-refractivity contribution >= 4 is 29.7 Å². The molecular formula is C12H22N2O5S. The number of amides is 2. The van der Waals surface area contributed by atoms with Crippen molar-refractivity contribution in [3.63, 3.8) is 0 Å². The third-order valence-corrected chi connectivity index (χ3v) is 3.35. The molecule has 0 fully saturated rings. The molecule has 0 aliphatic heterocycles. The molecule has 0 rings (SSSR count). The van der Waals surface area contributed by atoms with E-state index in [1.807, 2.05) is 6.26 Å². The van der Waals surface area contributed by atoms with Gasteiger partial charge in [0.2, 0.25) is 0 Å². The van der Waals surface area contributed by atoms with Gasteiger partial charge >= 0.3 is 18.0 Å². The summed E-state index contributed by atoms with van der Waals surface area (Å²) in [7, 11) is 2.78. The maximum absolute atomic E-state index is 11.9. The molecule has 2 amide bonds. The van der Waals surface area contributed by atoms with Crippen molar-refractivity contribution in [1.29, 1.82) is 0 Å². The number of hydrogen-bond donors (Lipinski definition) is 2. The highest BCUT2D eigenvalue weighted by molar-refractivity contribution is 7.98. The molecule has 20 heavy (non-hydrogen) atoms. The van der Waals surface area contributed by atoms with E-state index in [9.17, 15) is 14.4 Å². The minimum atomic E-state index is -1.07. The van der Waals surface area contributed by atoms with Crippen LogP contribution in [0, 0.1) is 5.92 Å². The van der Waals surface area contributed by atoms with Gasteiger partial charge in [-0.3, -0.25) is 4.79 Å². The zero-order valence-electron chi connectivity index (χ0n) is 12.2. The molecule has 0 aromatic carbocycles. The van der Waals surface area contributed by atoms with Gasteiger partial charge < -0.3 is 20.1 Å². The standard InChI is InChI=1S/C12H22N2O5S/c1-8(11(17)19-3)7-14(2)12(18)13-9(10(15)16)5-6-20-4/h8-9H,5-7H2,1-4H3,(H,13,18)(H,15,16)/t8?,9-/m1/s1. The summed E-state index contributed by atoms with van der Waals surface area (Å²) in [5, 5.41) is 11.5. The summed E-state index contributed by atoms with van der Waals surface area (Å²) in [4.78, 5) is 35.4. The number of carbonyl (C=O) groups is 3. The number of nitrogens with zero attached hydrogens (tertiary/aromatic N) is 1. The number of rotatable bonds is 8. The number of carboxylic acid groups (broad SMARTS) is 1. The highest BCUT2D eigenvalue weighted by Crippen LogP contribution is 2.04. The maximum atomic E-state index is 11.9. The summed E-state index contributed by atoms with van der Waals surface area (Å²) in [6, 6.07) is -1.44. The highest BCUT2D eigenvalue weighted by atomic mass is 32.2. The van der Waals surface area contributed by atoms with Gasteiger partial charge in [-0.15, -0.1) is 0 Å². The van der Waals surface area contributed by atoms with Crippen LogP contribution < -0.4 is 5.32 Å². The second-order valence-corrected chi connectivity index (χ2v) is 5.41. The molecule has 2 N–H and O–H groups in total. The Morgan fingerprint density at radius 2 is 2.00 bits per heavy atom. The molecule has 116 valence electrons. The van der Waals surface area contributed by atoms with E-state index in [0.717, 1.165) is 0 Å². The van der Waals surface area contributed by atoms with E-state index in [-0.39, 0.29) is 6.54 Å². The molecule has 1 unspecified atom stereocenters. The fraction of sp³-hybridized carbons (Fsp3) is 0.750. The molecule has 0 spiro atoms. The smallest absolute Gasteiger partial charge is 0.326 e. The van der Waals surface area contributed by atoms with Gasteiger partial charge in [-0.05, 0) is 18.4 Å². The first-order valence-electron chi connectivity index (χ1n) is 6.14. The lowest BCUT2D eigenvalue weighted by Crippen LogP contribution is -2.48. The number of thioether (sulfide) groups is 1. The Hall–Kier alpha value is -1.44. The van der Waals surface area contributed by atoms with E-state index in [4.69, 9.17) is 5.11 Å². The van der Waals surface area contributed by atoms with E-state index in [1.165, 1.54) is 30.8 Å². The Morgan fingerprint density at radius 3 is 2.45 bits per heavy atom. The molecule has 0 aliphatic carbocycles. The zero-order chi connectivity index (χ0) is 15.7. The fourth-order valence-corrected chi connectivity index (χ4v) is 1.99. The minimum Gasteiger partial charge on any atom is -0.480 e. The molecule has 0 bridgehead atoms. The van der Waals surface area contributed by atoms with Crippen LogP contribution in [0.5, 0.6) is 0 Å². The van der Waals surface area contributed by atoms with Crippen LogP contribution in [-0.2, 0) is 14.3 Å². The number of esters is 1. The van der Waals surface area contributed by atoms with E-state index in [1.54, 1.807) is 6.92 Å². The molecule has 0 saturated heterocycles. The summed E-state index contributed by atoms with van der Waals surface area (Å²) in [5.41, 5.74) is 0. The normalized spacial score (nSPS) is 13.2.